The molecule has 0 spiro atoms. The SMILES string of the molecule is CCCCC/C=C\C/C=C\C/C=C\CCCCCCC(=O)O[C@H](COC(=O)CCC/C=C/C=C\C(O)C/C=C\C/C=C\CCCCC)COP(=O)(O)O. The lowest BCUT2D eigenvalue weighted by atomic mass is 10.1. The Morgan fingerprint density at radius 1 is 0.585 bits per heavy atom. The van der Waals surface area contributed by atoms with Crippen LogP contribution in [0.15, 0.2) is 85.1 Å². The molecule has 0 heterocycles. The average molecular weight is 763 g/mol. The first-order chi connectivity index (χ1) is 25.7. The second-order valence-corrected chi connectivity index (χ2v) is 14.3. The lowest BCUT2D eigenvalue weighted by Gasteiger charge is -2.18. The lowest BCUT2D eigenvalue weighted by molar-refractivity contribution is -0.161. The van der Waals surface area contributed by atoms with Crippen molar-refractivity contribution in [3.63, 3.8) is 0 Å². The maximum absolute atomic E-state index is 12.4. The van der Waals surface area contributed by atoms with Crippen molar-refractivity contribution in [1.82, 2.24) is 0 Å². The van der Waals surface area contributed by atoms with E-state index in [9.17, 15) is 19.3 Å². The van der Waals surface area contributed by atoms with Gasteiger partial charge < -0.3 is 24.4 Å². The zero-order chi connectivity index (χ0) is 39.1. The molecule has 0 aromatic carbocycles. The summed E-state index contributed by atoms with van der Waals surface area (Å²) in [5.41, 5.74) is 0. The molecule has 0 aliphatic heterocycles. The molecular weight excluding hydrogens is 691 g/mol. The maximum Gasteiger partial charge on any atom is 0.469 e. The predicted molar refractivity (Wildman–Crippen MR) is 217 cm³/mol. The Labute approximate surface area is 321 Å². The molecule has 0 radical (unpaired) electrons. The zero-order valence-electron chi connectivity index (χ0n) is 32.7. The fourth-order valence-electron chi connectivity index (χ4n) is 4.92. The third-order valence-corrected chi connectivity index (χ3v) is 8.45. The first kappa shape index (κ1) is 50.2. The minimum atomic E-state index is -4.80. The molecule has 9 nitrogen and oxygen atoms in total. The van der Waals surface area contributed by atoms with Gasteiger partial charge in [-0.3, -0.25) is 14.1 Å². The number of allylic oxidation sites excluding steroid dienone is 12. The van der Waals surface area contributed by atoms with Crippen LogP contribution in [0.4, 0.5) is 0 Å². The highest BCUT2D eigenvalue weighted by Crippen LogP contribution is 2.36. The van der Waals surface area contributed by atoms with Gasteiger partial charge in [-0.1, -0.05) is 137 Å². The highest BCUT2D eigenvalue weighted by atomic mass is 31.2. The minimum absolute atomic E-state index is 0.122. The molecule has 0 amide bonds. The fraction of sp³-hybridized carbons (Fsp3) is 0.628. The summed E-state index contributed by atoms with van der Waals surface area (Å²) in [6.07, 6.45) is 46.1. The van der Waals surface area contributed by atoms with E-state index < -0.39 is 38.6 Å². The third kappa shape index (κ3) is 40.2. The van der Waals surface area contributed by atoms with Crippen LogP contribution in [0.2, 0.25) is 0 Å². The van der Waals surface area contributed by atoms with Crippen LogP contribution in [-0.4, -0.2) is 52.3 Å². The molecule has 1 unspecified atom stereocenters. The number of hydrogen-bond acceptors (Lipinski definition) is 7. The first-order valence-corrected chi connectivity index (χ1v) is 21.5. The molecule has 0 aliphatic rings. The van der Waals surface area contributed by atoms with Gasteiger partial charge in [0.25, 0.3) is 0 Å². The molecular formula is C43H71O9P. The van der Waals surface area contributed by atoms with Gasteiger partial charge in [-0.05, 0) is 83.5 Å². The van der Waals surface area contributed by atoms with E-state index in [1.165, 1.54) is 44.9 Å². The van der Waals surface area contributed by atoms with Gasteiger partial charge in [-0.25, -0.2) is 4.57 Å². The van der Waals surface area contributed by atoms with Crippen molar-refractivity contribution >= 4 is 19.8 Å². The molecule has 53 heavy (non-hydrogen) atoms. The van der Waals surface area contributed by atoms with Crippen molar-refractivity contribution in [2.75, 3.05) is 13.2 Å². The van der Waals surface area contributed by atoms with Crippen molar-refractivity contribution in [3.05, 3.63) is 85.1 Å². The average Bonchev–Trinajstić information content (AvgIpc) is 3.12. The summed E-state index contributed by atoms with van der Waals surface area (Å²) in [6.45, 7) is 3.46. The van der Waals surface area contributed by atoms with Gasteiger partial charge in [0, 0.05) is 12.8 Å². The van der Waals surface area contributed by atoms with Gasteiger partial charge in [-0.15, -0.1) is 0 Å². The number of carbonyl (C=O) groups excluding carboxylic acids is 2. The van der Waals surface area contributed by atoms with Crippen molar-refractivity contribution in [2.24, 2.45) is 0 Å². The molecule has 0 saturated carbocycles. The Hall–Kier alpha value is -2.81. The molecule has 0 aromatic rings. The van der Waals surface area contributed by atoms with Gasteiger partial charge in [0.15, 0.2) is 6.10 Å². The molecule has 2 atom stereocenters. The number of carbonyl (C=O) groups is 2. The van der Waals surface area contributed by atoms with Crippen molar-refractivity contribution in [2.45, 2.75) is 161 Å². The summed E-state index contributed by atoms with van der Waals surface area (Å²) in [5.74, 6) is -1.05. The van der Waals surface area contributed by atoms with Crippen LogP contribution >= 0.6 is 7.82 Å². The van der Waals surface area contributed by atoms with Crippen LogP contribution in [0.25, 0.3) is 0 Å². The van der Waals surface area contributed by atoms with E-state index >= 15 is 0 Å². The van der Waals surface area contributed by atoms with Gasteiger partial charge in [0.05, 0.1) is 12.7 Å². The Balaban J connectivity index is 4.20. The monoisotopic (exact) mass is 762 g/mol. The summed E-state index contributed by atoms with van der Waals surface area (Å²) in [7, 11) is -4.80. The van der Waals surface area contributed by atoms with Crippen LogP contribution in [0.1, 0.15) is 149 Å². The Morgan fingerprint density at radius 2 is 1.09 bits per heavy atom. The number of ether oxygens (including phenoxy) is 2. The van der Waals surface area contributed by atoms with E-state index in [1.54, 1.807) is 12.2 Å². The molecule has 0 saturated heterocycles. The number of aliphatic hydroxyl groups is 1. The van der Waals surface area contributed by atoms with Crippen LogP contribution in [0.3, 0.4) is 0 Å². The molecule has 0 rings (SSSR count). The van der Waals surface area contributed by atoms with Crippen molar-refractivity contribution < 1.29 is 43.0 Å². The summed E-state index contributed by atoms with van der Waals surface area (Å²) in [6, 6.07) is 0. The largest absolute Gasteiger partial charge is 0.469 e. The second kappa shape index (κ2) is 37.5. The molecule has 302 valence electrons. The second-order valence-electron chi connectivity index (χ2n) is 13.1. The van der Waals surface area contributed by atoms with E-state index in [-0.39, 0.29) is 19.4 Å². The Kier molecular flexibility index (Phi) is 35.5. The van der Waals surface area contributed by atoms with Crippen LogP contribution in [0.5, 0.6) is 0 Å². The van der Waals surface area contributed by atoms with Crippen LogP contribution in [-0.2, 0) is 28.2 Å². The normalized spacial score (nSPS) is 14.0. The third-order valence-electron chi connectivity index (χ3n) is 7.97. The number of hydrogen-bond donors (Lipinski definition) is 3. The minimum Gasteiger partial charge on any atom is -0.462 e. The highest BCUT2D eigenvalue weighted by Gasteiger charge is 2.22. The number of phosphoric acid groups is 1. The first-order valence-electron chi connectivity index (χ1n) is 20.0. The van der Waals surface area contributed by atoms with Crippen molar-refractivity contribution in [3.8, 4) is 0 Å². The van der Waals surface area contributed by atoms with E-state index in [2.05, 4.69) is 73.1 Å². The molecule has 0 aromatic heterocycles. The van der Waals surface area contributed by atoms with Crippen LogP contribution < -0.4 is 0 Å². The number of rotatable bonds is 35. The molecule has 0 aliphatic carbocycles. The number of phosphoric ester groups is 1. The fourth-order valence-corrected chi connectivity index (χ4v) is 5.28. The zero-order valence-corrected chi connectivity index (χ0v) is 33.6. The topological polar surface area (TPSA) is 140 Å². The highest BCUT2D eigenvalue weighted by molar-refractivity contribution is 7.46. The maximum atomic E-state index is 12.4. The summed E-state index contributed by atoms with van der Waals surface area (Å²) < 4.78 is 26.2. The summed E-state index contributed by atoms with van der Waals surface area (Å²) >= 11 is 0. The van der Waals surface area contributed by atoms with Gasteiger partial charge in [-0.2, -0.15) is 0 Å². The summed E-state index contributed by atoms with van der Waals surface area (Å²) in [4.78, 5) is 42.8. The number of esters is 2. The van der Waals surface area contributed by atoms with E-state index in [0.29, 0.717) is 25.7 Å². The predicted octanol–water partition coefficient (Wildman–Crippen LogP) is 11.0. The quantitative estimate of drug-likeness (QED) is 0.0189. The van der Waals surface area contributed by atoms with E-state index in [0.717, 1.165) is 51.4 Å². The number of unbranched alkanes of at least 4 members (excludes halogenated alkanes) is 11. The summed E-state index contributed by atoms with van der Waals surface area (Å²) in [5, 5.41) is 10.1. The van der Waals surface area contributed by atoms with E-state index in [1.807, 2.05) is 18.2 Å². The number of aliphatic hydroxyl groups excluding tert-OH is 1. The molecule has 0 fully saturated rings. The molecule has 10 heteroatoms. The molecule has 0 bridgehead atoms. The molecule has 3 N–H and O–H groups in total. The lowest BCUT2D eigenvalue weighted by Crippen LogP contribution is -2.29. The van der Waals surface area contributed by atoms with Gasteiger partial charge >= 0.3 is 19.8 Å². The van der Waals surface area contributed by atoms with Gasteiger partial charge in [0.1, 0.15) is 6.61 Å². The van der Waals surface area contributed by atoms with Crippen molar-refractivity contribution in [1.29, 1.82) is 0 Å². The van der Waals surface area contributed by atoms with E-state index in [4.69, 9.17) is 19.3 Å². The standard InChI is InChI=1S/C43H71O9P/c1-3-5-7-9-11-13-14-15-16-17-18-19-20-22-24-28-33-37-43(46)52-41(39-51-53(47,48)49)38-50-42(45)36-32-29-25-27-31-35-40(44)34-30-26-23-21-12-10-8-6-4-2/h11-13,15-16,18-19,21,25-27,30-31,35,40-41,44H,3-10,14,17,20,22-24,28-29,32-34,36-39H2,1-2H3,(H2,47,48,49)/b13-11-,16-15-,19-18-,21-12-,27-25+,30-26-,35-31-/t40?,41-/m1/s1. The smallest absolute Gasteiger partial charge is 0.462 e. The van der Waals surface area contributed by atoms with Crippen LogP contribution in [0, 0.1) is 0 Å². The Morgan fingerprint density at radius 3 is 1.68 bits per heavy atom. The Bertz CT molecular complexity index is 1150. The van der Waals surface area contributed by atoms with Gasteiger partial charge in [0.2, 0.25) is 0 Å².